The third-order valence-electron chi connectivity index (χ3n) is 4.32. The predicted molar refractivity (Wildman–Crippen MR) is 90.6 cm³/mol. The first-order valence-corrected chi connectivity index (χ1v) is 8.06. The summed E-state index contributed by atoms with van der Waals surface area (Å²) in [6, 6.07) is 13.8. The molecule has 1 fully saturated rings. The topological polar surface area (TPSA) is 32.8 Å². The molecule has 1 aliphatic heterocycles. The van der Waals surface area contributed by atoms with Gasteiger partial charge < -0.3 is 9.64 Å². The molecule has 0 bridgehead atoms. The number of halogens is 1. The van der Waals surface area contributed by atoms with E-state index in [1.165, 1.54) is 12.1 Å². The molecule has 2 aromatic rings. The molecular formula is C19H21FN2O2. The van der Waals surface area contributed by atoms with E-state index < -0.39 is 0 Å². The van der Waals surface area contributed by atoms with Crippen LogP contribution in [0.4, 0.5) is 4.39 Å². The van der Waals surface area contributed by atoms with Crippen molar-refractivity contribution in [3.63, 3.8) is 0 Å². The second kappa shape index (κ2) is 7.45. The number of ether oxygens (including phenoxy) is 1. The first kappa shape index (κ1) is 16.5. The molecule has 1 saturated heterocycles. The van der Waals surface area contributed by atoms with Crippen LogP contribution in [0.2, 0.25) is 0 Å². The lowest BCUT2D eigenvalue weighted by atomic mass is 10.1. The number of methoxy groups -OCH3 is 1. The Bertz CT molecular complexity index is 712. The predicted octanol–water partition coefficient (Wildman–Crippen LogP) is 2.79. The van der Waals surface area contributed by atoms with Crippen molar-refractivity contribution in [1.82, 2.24) is 9.80 Å². The van der Waals surface area contributed by atoms with Crippen LogP contribution < -0.4 is 4.74 Å². The number of nitrogens with zero attached hydrogens (tertiary/aromatic N) is 2. The molecule has 1 heterocycles. The maximum absolute atomic E-state index is 13.3. The summed E-state index contributed by atoms with van der Waals surface area (Å²) in [7, 11) is 1.68. The van der Waals surface area contributed by atoms with Gasteiger partial charge in [0, 0.05) is 43.9 Å². The molecule has 3 rings (SSSR count). The summed E-state index contributed by atoms with van der Waals surface area (Å²) >= 11 is 0. The van der Waals surface area contributed by atoms with Crippen LogP contribution in [0.25, 0.3) is 0 Å². The molecule has 0 aliphatic carbocycles. The van der Waals surface area contributed by atoms with Gasteiger partial charge >= 0.3 is 0 Å². The summed E-state index contributed by atoms with van der Waals surface area (Å²) in [6.45, 7) is 3.67. The van der Waals surface area contributed by atoms with Gasteiger partial charge in [0.05, 0.1) is 7.11 Å². The van der Waals surface area contributed by atoms with Gasteiger partial charge in [-0.05, 0) is 24.3 Å². The van der Waals surface area contributed by atoms with E-state index in [1.807, 2.05) is 18.2 Å². The second-order valence-electron chi connectivity index (χ2n) is 5.89. The molecule has 0 spiro atoms. The van der Waals surface area contributed by atoms with E-state index in [2.05, 4.69) is 11.0 Å². The van der Waals surface area contributed by atoms with E-state index in [0.717, 1.165) is 30.9 Å². The van der Waals surface area contributed by atoms with Crippen LogP contribution >= 0.6 is 0 Å². The fourth-order valence-corrected chi connectivity index (χ4v) is 2.99. The Hall–Kier alpha value is -2.40. The average Bonchev–Trinajstić information content (AvgIpc) is 2.62. The summed E-state index contributed by atoms with van der Waals surface area (Å²) in [5.74, 6) is 0.401. The van der Waals surface area contributed by atoms with Crippen molar-refractivity contribution in [2.24, 2.45) is 0 Å². The number of carbonyl (C=O) groups is 1. The third kappa shape index (κ3) is 3.74. The minimum absolute atomic E-state index is 0.105. The Balaban J connectivity index is 1.58. The number of para-hydroxylation sites is 1. The second-order valence-corrected chi connectivity index (χ2v) is 5.89. The zero-order valence-corrected chi connectivity index (χ0v) is 13.7. The number of carbonyl (C=O) groups excluding carboxylic acids is 1. The highest BCUT2D eigenvalue weighted by Gasteiger charge is 2.22. The number of piperazine rings is 1. The molecule has 2 aromatic carbocycles. The molecule has 0 aromatic heterocycles. The SMILES string of the molecule is COc1ccccc1CN1CCN(C(=O)c2cccc(F)c2)CC1. The van der Waals surface area contributed by atoms with Gasteiger partial charge in [-0.1, -0.05) is 24.3 Å². The number of rotatable bonds is 4. The minimum Gasteiger partial charge on any atom is -0.496 e. The van der Waals surface area contributed by atoms with Crippen LogP contribution in [0, 0.1) is 5.82 Å². The lowest BCUT2D eigenvalue weighted by Gasteiger charge is -2.35. The van der Waals surface area contributed by atoms with Crippen LogP contribution in [0.3, 0.4) is 0 Å². The Morgan fingerprint density at radius 2 is 1.83 bits per heavy atom. The summed E-state index contributed by atoms with van der Waals surface area (Å²) in [6.07, 6.45) is 0. The van der Waals surface area contributed by atoms with Crippen molar-refractivity contribution in [3.05, 3.63) is 65.5 Å². The maximum atomic E-state index is 13.3. The fraction of sp³-hybridized carbons (Fsp3) is 0.316. The van der Waals surface area contributed by atoms with Crippen LogP contribution in [-0.2, 0) is 6.54 Å². The Morgan fingerprint density at radius 3 is 2.54 bits per heavy atom. The molecule has 1 amide bonds. The molecule has 5 heteroatoms. The van der Waals surface area contributed by atoms with Gasteiger partial charge in [0.15, 0.2) is 0 Å². The molecule has 126 valence electrons. The van der Waals surface area contributed by atoms with Crippen molar-refractivity contribution >= 4 is 5.91 Å². The van der Waals surface area contributed by atoms with Gasteiger partial charge in [-0.25, -0.2) is 4.39 Å². The molecule has 4 nitrogen and oxygen atoms in total. The van der Waals surface area contributed by atoms with Crippen LogP contribution in [0.5, 0.6) is 5.75 Å². The van der Waals surface area contributed by atoms with Crippen LogP contribution in [0.15, 0.2) is 48.5 Å². The Morgan fingerprint density at radius 1 is 1.08 bits per heavy atom. The zero-order chi connectivity index (χ0) is 16.9. The van der Waals surface area contributed by atoms with Crippen LogP contribution in [-0.4, -0.2) is 49.0 Å². The number of hydrogen-bond donors (Lipinski definition) is 0. The highest BCUT2D eigenvalue weighted by molar-refractivity contribution is 5.94. The van der Waals surface area contributed by atoms with Gasteiger partial charge in [0.2, 0.25) is 0 Å². The number of amides is 1. The van der Waals surface area contributed by atoms with E-state index >= 15 is 0 Å². The molecule has 0 N–H and O–H groups in total. The standard InChI is InChI=1S/C19H21FN2O2/c1-24-18-8-3-2-5-16(18)14-21-9-11-22(12-10-21)19(23)15-6-4-7-17(20)13-15/h2-8,13H,9-12,14H2,1H3. The minimum atomic E-state index is -0.379. The number of hydrogen-bond acceptors (Lipinski definition) is 3. The average molecular weight is 328 g/mol. The summed E-state index contributed by atoms with van der Waals surface area (Å²) < 4.78 is 18.7. The van der Waals surface area contributed by atoms with Crippen LogP contribution in [0.1, 0.15) is 15.9 Å². The molecule has 1 aliphatic rings. The first-order chi connectivity index (χ1) is 11.7. The Kier molecular flexibility index (Phi) is 5.11. The van der Waals surface area contributed by atoms with E-state index in [0.29, 0.717) is 18.7 Å². The lowest BCUT2D eigenvalue weighted by Crippen LogP contribution is -2.48. The smallest absolute Gasteiger partial charge is 0.254 e. The van der Waals surface area contributed by atoms with Gasteiger partial charge in [0.25, 0.3) is 5.91 Å². The largest absolute Gasteiger partial charge is 0.496 e. The van der Waals surface area contributed by atoms with Crippen molar-refractivity contribution < 1.29 is 13.9 Å². The van der Waals surface area contributed by atoms with Gasteiger partial charge in [-0.2, -0.15) is 0 Å². The monoisotopic (exact) mass is 328 g/mol. The fourth-order valence-electron chi connectivity index (χ4n) is 2.99. The van der Waals surface area contributed by atoms with E-state index in [1.54, 1.807) is 24.1 Å². The molecule has 0 unspecified atom stereocenters. The highest BCUT2D eigenvalue weighted by Crippen LogP contribution is 2.20. The van der Waals surface area contributed by atoms with E-state index in [-0.39, 0.29) is 11.7 Å². The van der Waals surface area contributed by atoms with Crippen molar-refractivity contribution in [2.45, 2.75) is 6.54 Å². The van der Waals surface area contributed by atoms with E-state index in [4.69, 9.17) is 4.74 Å². The zero-order valence-electron chi connectivity index (χ0n) is 13.7. The van der Waals surface area contributed by atoms with Crippen molar-refractivity contribution in [3.8, 4) is 5.75 Å². The van der Waals surface area contributed by atoms with Gasteiger partial charge in [0.1, 0.15) is 11.6 Å². The molecule has 0 atom stereocenters. The molecule has 0 saturated carbocycles. The van der Waals surface area contributed by atoms with Gasteiger partial charge in [-0.15, -0.1) is 0 Å². The third-order valence-corrected chi connectivity index (χ3v) is 4.32. The normalized spacial score (nSPS) is 15.3. The number of benzene rings is 2. The molecule has 0 radical (unpaired) electrons. The highest BCUT2D eigenvalue weighted by atomic mass is 19.1. The van der Waals surface area contributed by atoms with Crippen molar-refractivity contribution in [1.29, 1.82) is 0 Å². The van der Waals surface area contributed by atoms with E-state index in [9.17, 15) is 9.18 Å². The lowest BCUT2D eigenvalue weighted by molar-refractivity contribution is 0.0627. The summed E-state index contributed by atoms with van der Waals surface area (Å²) in [5, 5.41) is 0. The maximum Gasteiger partial charge on any atom is 0.254 e. The summed E-state index contributed by atoms with van der Waals surface area (Å²) in [4.78, 5) is 16.5. The first-order valence-electron chi connectivity index (χ1n) is 8.06. The molecular weight excluding hydrogens is 307 g/mol. The van der Waals surface area contributed by atoms with Gasteiger partial charge in [-0.3, -0.25) is 9.69 Å². The quantitative estimate of drug-likeness (QED) is 0.865. The molecule has 24 heavy (non-hydrogen) atoms. The van der Waals surface area contributed by atoms with Crippen molar-refractivity contribution in [2.75, 3.05) is 33.3 Å². The summed E-state index contributed by atoms with van der Waals surface area (Å²) in [5.41, 5.74) is 1.55. The Labute approximate surface area is 141 Å².